The minimum Gasteiger partial charge on any atom is -0.390 e. The van der Waals surface area contributed by atoms with Crippen LogP contribution < -0.4 is 0 Å². The Bertz CT molecular complexity index is 518. The van der Waals surface area contributed by atoms with Crippen molar-refractivity contribution >= 4 is 11.6 Å². The molecule has 2 aromatic rings. The number of hydrogen-bond donors (Lipinski definition) is 1. The standard InChI is InChI=1S/C11H15ClN4O/c1-3-9-11(12)10(15(2)14-9)5-16-4-8(6-17)13-7-16/h4,7,17H,3,5-6H2,1-2H3. The molecular weight excluding hydrogens is 240 g/mol. The van der Waals surface area contributed by atoms with Gasteiger partial charge in [-0.05, 0) is 6.42 Å². The molecule has 0 radical (unpaired) electrons. The lowest BCUT2D eigenvalue weighted by Crippen LogP contribution is -2.04. The van der Waals surface area contributed by atoms with Crippen molar-refractivity contribution in [2.75, 3.05) is 0 Å². The maximum absolute atomic E-state index is 8.95. The van der Waals surface area contributed by atoms with Crippen LogP contribution in [0.2, 0.25) is 5.02 Å². The summed E-state index contributed by atoms with van der Waals surface area (Å²) in [6, 6.07) is 0. The number of aryl methyl sites for hydroxylation is 2. The molecule has 17 heavy (non-hydrogen) atoms. The molecule has 2 aromatic heterocycles. The molecule has 1 N–H and O–H groups in total. The highest BCUT2D eigenvalue weighted by molar-refractivity contribution is 6.31. The fraction of sp³-hybridized carbons (Fsp3) is 0.455. The summed E-state index contributed by atoms with van der Waals surface area (Å²) in [4.78, 5) is 4.06. The molecule has 0 unspecified atom stereocenters. The van der Waals surface area contributed by atoms with Gasteiger partial charge in [0.25, 0.3) is 0 Å². The minimum absolute atomic E-state index is 0.0493. The SMILES string of the molecule is CCc1nn(C)c(Cn2cnc(CO)c2)c1Cl. The summed E-state index contributed by atoms with van der Waals surface area (Å²) in [6.07, 6.45) is 4.30. The average Bonchev–Trinajstić information content (AvgIpc) is 2.88. The molecule has 0 aliphatic heterocycles. The molecule has 0 bridgehead atoms. The Morgan fingerprint density at radius 2 is 2.24 bits per heavy atom. The summed E-state index contributed by atoms with van der Waals surface area (Å²) in [5.74, 6) is 0. The van der Waals surface area contributed by atoms with Crippen molar-refractivity contribution in [2.24, 2.45) is 7.05 Å². The van der Waals surface area contributed by atoms with E-state index in [2.05, 4.69) is 10.1 Å². The molecule has 0 fully saturated rings. The molecule has 0 atom stereocenters. The molecule has 0 amide bonds. The summed E-state index contributed by atoms with van der Waals surface area (Å²) in [6.45, 7) is 2.58. The summed E-state index contributed by atoms with van der Waals surface area (Å²) in [5.41, 5.74) is 2.51. The Morgan fingerprint density at radius 1 is 1.47 bits per heavy atom. The van der Waals surface area contributed by atoms with Gasteiger partial charge in [0.15, 0.2) is 0 Å². The Labute approximate surface area is 105 Å². The number of aliphatic hydroxyl groups excluding tert-OH is 1. The first-order valence-corrected chi connectivity index (χ1v) is 5.85. The van der Waals surface area contributed by atoms with Crippen molar-refractivity contribution in [2.45, 2.75) is 26.5 Å². The predicted octanol–water partition coefficient (Wildman–Crippen LogP) is 1.37. The van der Waals surface area contributed by atoms with Crippen LogP contribution in [0, 0.1) is 0 Å². The van der Waals surface area contributed by atoms with Gasteiger partial charge in [0.05, 0.1) is 41.6 Å². The summed E-state index contributed by atoms with van der Waals surface area (Å²) in [7, 11) is 1.88. The zero-order valence-electron chi connectivity index (χ0n) is 9.89. The first-order valence-electron chi connectivity index (χ1n) is 5.47. The Hall–Kier alpha value is -1.33. The molecule has 0 aliphatic rings. The Kier molecular flexibility index (Phi) is 3.49. The van der Waals surface area contributed by atoms with Crippen LogP contribution in [0.4, 0.5) is 0 Å². The highest BCUT2D eigenvalue weighted by Crippen LogP contribution is 2.21. The van der Waals surface area contributed by atoms with Crippen LogP contribution in [0.3, 0.4) is 0 Å². The molecule has 6 heteroatoms. The number of nitrogens with zero attached hydrogens (tertiary/aromatic N) is 4. The van der Waals surface area contributed by atoms with Crippen LogP contribution in [0.1, 0.15) is 24.0 Å². The molecule has 0 spiro atoms. The van der Waals surface area contributed by atoms with Crippen molar-refractivity contribution in [1.82, 2.24) is 19.3 Å². The van der Waals surface area contributed by atoms with E-state index in [4.69, 9.17) is 16.7 Å². The first-order chi connectivity index (χ1) is 8.15. The molecule has 0 saturated carbocycles. The normalized spacial score (nSPS) is 11.1. The van der Waals surface area contributed by atoms with Gasteiger partial charge in [0, 0.05) is 13.2 Å². The Morgan fingerprint density at radius 3 is 2.76 bits per heavy atom. The van der Waals surface area contributed by atoms with Crippen LogP contribution >= 0.6 is 11.6 Å². The maximum atomic E-state index is 8.95. The van der Waals surface area contributed by atoms with E-state index in [-0.39, 0.29) is 6.61 Å². The fourth-order valence-electron chi connectivity index (χ4n) is 1.74. The number of aromatic nitrogens is 4. The first kappa shape index (κ1) is 12.1. The van der Waals surface area contributed by atoms with E-state index in [0.717, 1.165) is 17.8 Å². The largest absolute Gasteiger partial charge is 0.390 e. The lowest BCUT2D eigenvalue weighted by molar-refractivity contribution is 0.277. The third kappa shape index (κ3) is 2.35. The number of hydrogen-bond acceptors (Lipinski definition) is 3. The molecule has 2 rings (SSSR count). The van der Waals surface area contributed by atoms with E-state index in [1.165, 1.54) is 0 Å². The van der Waals surface area contributed by atoms with Crippen LogP contribution in [0.15, 0.2) is 12.5 Å². The molecule has 0 saturated heterocycles. The molecular formula is C11H15ClN4O. The molecule has 92 valence electrons. The smallest absolute Gasteiger partial charge is 0.0954 e. The highest BCUT2D eigenvalue weighted by Gasteiger charge is 2.13. The van der Waals surface area contributed by atoms with Gasteiger partial charge >= 0.3 is 0 Å². The van der Waals surface area contributed by atoms with Gasteiger partial charge in [-0.2, -0.15) is 5.10 Å². The van der Waals surface area contributed by atoms with E-state index in [0.29, 0.717) is 17.3 Å². The van der Waals surface area contributed by atoms with E-state index in [1.807, 2.05) is 18.5 Å². The van der Waals surface area contributed by atoms with Crippen LogP contribution in [0.25, 0.3) is 0 Å². The second kappa shape index (κ2) is 4.89. The second-order valence-corrected chi connectivity index (χ2v) is 4.26. The zero-order valence-corrected chi connectivity index (χ0v) is 10.6. The van der Waals surface area contributed by atoms with Crippen molar-refractivity contribution < 1.29 is 5.11 Å². The topological polar surface area (TPSA) is 55.9 Å². The predicted molar refractivity (Wildman–Crippen MR) is 64.8 cm³/mol. The van der Waals surface area contributed by atoms with Gasteiger partial charge in [0.2, 0.25) is 0 Å². The molecule has 2 heterocycles. The second-order valence-electron chi connectivity index (χ2n) is 3.88. The monoisotopic (exact) mass is 254 g/mol. The third-order valence-corrected chi connectivity index (χ3v) is 3.12. The van der Waals surface area contributed by atoms with Gasteiger partial charge in [-0.3, -0.25) is 4.68 Å². The van der Waals surface area contributed by atoms with Crippen molar-refractivity contribution in [3.8, 4) is 0 Å². The molecule has 0 aliphatic carbocycles. The van der Waals surface area contributed by atoms with Crippen molar-refractivity contribution in [3.63, 3.8) is 0 Å². The number of imidazole rings is 1. The van der Waals surface area contributed by atoms with Crippen LogP contribution in [-0.2, 0) is 26.6 Å². The van der Waals surface area contributed by atoms with E-state index >= 15 is 0 Å². The van der Waals surface area contributed by atoms with Gasteiger partial charge in [-0.25, -0.2) is 4.98 Å². The van der Waals surface area contributed by atoms with Gasteiger partial charge in [0.1, 0.15) is 0 Å². The summed E-state index contributed by atoms with van der Waals surface area (Å²) < 4.78 is 3.67. The van der Waals surface area contributed by atoms with E-state index in [9.17, 15) is 0 Å². The van der Waals surface area contributed by atoms with Crippen LogP contribution in [-0.4, -0.2) is 24.4 Å². The van der Waals surface area contributed by atoms with Gasteiger partial charge in [-0.15, -0.1) is 0 Å². The number of halogens is 1. The van der Waals surface area contributed by atoms with Crippen molar-refractivity contribution in [1.29, 1.82) is 0 Å². The van der Waals surface area contributed by atoms with Gasteiger partial charge < -0.3 is 9.67 Å². The van der Waals surface area contributed by atoms with Crippen molar-refractivity contribution in [3.05, 3.63) is 34.6 Å². The third-order valence-electron chi connectivity index (χ3n) is 2.68. The number of rotatable bonds is 4. The molecule has 5 nitrogen and oxygen atoms in total. The lowest BCUT2D eigenvalue weighted by atomic mass is 10.3. The quantitative estimate of drug-likeness (QED) is 0.897. The lowest BCUT2D eigenvalue weighted by Gasteiger charge is -2.03. The summed E-state index contributed by atoms with van der Waals surface area (Å²) in [5, 5.41) is 14.0. The van der Waals surface area contributed by atoms with E-state index in [1.54, 1.807) is 17.2 Å². The maximum Gasteiger partial charge on any atom is 0.0954 e. The average molecular weight is 255 g/mol. The highest BCUT2D eigenvalue weighted by atomic mass is 35.5. The van der Waals surface area contributed by atoms with E-state index < -0.39 is 0 Å². The summed E-state index contributed by atoms with van der Waals surface area (Å²) >= 11 is 6.25. The molecule has 0 aromatic carbocycles. The van der Waals surface area contributed by atoms with Crippen LogP contribution in [0.5, 0.6) is 0 Å². The number of aliphatic hydroxyl groups is 1. The zero-order chi connectivity index (χ0) is 12.4. The fourth-order valence-corrected chi connectivity index (χ4v) is 2.09. The Balaban J connectivity index is 2.26. The van der Waals surface area contributed by atoms with Gasteiger partial charge in [-0.1, -0.05) is 18.5 Å². The minimum atomic E-state index is -0.0493.